The smallest absolute Gasteiger partial charge is 0.336 e. The van der Waals surface area contributed by atoms with Crippen LogP contribution < -0.4 is 9.47 Å². The van der Waals surface area contributed by atoms with Crippen molar-refractivity contribution in [1.82, 2.24) is 0 Å². The molecule has 2 aromatic carbocycles. The molecule has 2 unspecified atom stereocenters. The number of carbonyl (C=O) groups is 1. The highest BCUT2D eigenvalue weighted by atomic mass is 16.5. The zero-order valence-electron chi connectivity index (χ0n) is 16.6. The predicted octanol–water partition coefficient (Wildman–Crippen LogP) is 2.75. The van der Waals surface area contributed by atoms with Gasteiger partial charge < -0.3 is 24.4 Å². The number of carboxylic acid groups (broad SMARTS) is 1. The van der Waals surface area contributed by atoms with Crippen LogP contribution in [0.1, 0.15) is 24.0 Å². The Morgan fingerprint density at radius 1 is 1.13 bits per heavy atom. The van der Waals surface area contributed by atoms with E-state index in [-0.39, 0.29) is 19.6 Å². The lowest BCUT2D eigenvalue weighted by molar-refractivity contribution is -0.159. The SMILES string of the molecule is N#CCc1ccc(OCC(O)COc2cccc(CC3(C(=O)O)CCCO3)c2)cc1. The molecule has 2 N–H and O–H groups in total. The third-order valence-corrected chi connectivity index (χ3v) is 4.97. The number of ether oxygens (including phenoxy) is 3. The van der Waals surface area contributed by atoms with Crippen molar-refractivity contribution in [3.8, 4) is 17.6 Å². The summed E-state index contributed by atoms with van der Waals surface area (Å²) < 4.78 is 16.7. The van der Waals surface area contributed by atoms with Gasteiger partial charge in [0.05, 0.1) is 12.5 Å². The molecule has 1 aliphatic heterocycles. The lowest BCUT2D eigenvalue weighted by Crippen LogP contribution is -2.40. The van der Waals surface area contributed by atoms with Gasteiger partial charge in [-0.2, -0.15) is 5.26 Å². The number of nitriles is 1. The summed E-state index contributed by atoms with van der Waals surface area (Å²) in [4.78, 5) is 11.7. The maximum Gasteiger partial charge on any atom is 0.336 e. The fourth-order valence-electron chi connectivity index (χ4n) is 3.38. The van der Waals surface area contributed by atoms with Gasteiger partial charge in [0.2, 0.25) is 0 Å². The number of hydrogen-bond donors (Lipinski definition) is 2. The molecule has 7 nitrogen and oxygen atoms in total. The molecule has 0 spiro atoms. The molecule has 158 valence electrons. The first-order valence-electron chi connectivity index (χ1n) is 9.86. The fourth-order valence-corrected chi connectivity index (χ4v) is 3.38. The number of aliphatic hydroxyl groups excluding tert-OH is 1. The molecule has 0 saturated carbocycles. The zero-order valence-corrected chi connectivity index (χ0v) is 16.6. The molecule has 0 aliphatic carbocycles. The number of nitrogens with zero attached hydrogens (tertiary/aromatic N) is 1. The van der Waals surface area contributed by atoms with Gasteiger partial charge in [0.1, 0.15) is 30.8 Å². The van der Waals surface area contributed by atoms with Crippen LogP contribution in [-0.4, -0.2) is 47.7 Å². The molecule has 2 aromatic rings. The minimum Gasteiger partial charge on any atom is -0.491 e. The lowest BCUT2D eigenvalue weighted by Gasteiger charge is -2.23. The third kappa shape index (κ3) is 5.72. The van der Waals surface area contributed by atoms with Crippen molar-refractivity contribution >= 4 is 5.97 Å². The Hall–Kier alpha value is -3.08. The molecular formula is C23H25NO6. The molecule has 0 amide bonds. The minimum absolute atomic E-state index is 0.0382. The van der Waals surface area contributed by atoms with Crippen LogP contribution in [0.4, 0.5) is 0 Å². The molecule has 3 rings (SSSR count). The minimum atomic E-state index is -1.17. The van der Waals surface area contributed by atoms with Gasteiger partial charge in [-0.05, 0) is 48.2 Å². The first-order chi connectivity index (χ1) is 14.5. The average molecular weight is 411 g/mol. The van der Waals surface area contributed by atoms with Gasteiger partial charge >= 0.3 is 5.97 Å². The topological polar surface area (TPSA) is 109 Å². The van der Waals surface area contributed by atoms with Gasteiger partial charge in [-0.25, -0.2) is 4.79 Å². The predicted molar refractivity (Wildman–Crippen MR) is 108 cm³/mol. The highest BCUT2D eigenvalue weighted by molar-refractivity contribution is 5.78. The Morgan fingerprint density at radius 2 is 1.87 bits per heavy atom. The Labute approximate surface area is 175 Å². The number of carboxylic acids is 1. The summed E-state index contributed by atoms with van der Waals surface area (Å²) in [5.41, 5.74) is 0.538. The first-order valence-corrected chi connectivity index (χ1v) is 9.86. The van der Waals surface area contributed by atoms with E-state index in [1.807, 2.05) is 18.2 Å². The summed E-state index contributed by atoms with van der Waals surface area (Å²) in [5.74, 6) is 0.207. The molecule has 7 heteroatoms. The monoisotopic (exact) mass is 411 g/mol. The fraction of sp³-hybridized carbons (Fsp3) is 0.391. The summed E-state index contributed by atoms with van der Waals surface area (Å²) in [6.45, 7) is 0.555. The highest BCUT2D eigenvalue weighted by Crippen LogP contribution is 2.31. The summed E-state index contributed by atoms with van der Waals surface area (Å²) in [6.07, 6.45) is 0.995. The van der Waals surface area contributed by atoms with Crippen molar-refractivity contribution in [3.05, 3.63) is 59.7 Å². The van der Waals surface area contributed by atoms with E-state index < -0.39 is 17.7 Å². The van der Waals surface area contributed by atoms with Gasteiger partial charge in [-0.1, -0.05) is 24.3 Å². The quantitative estimate of drug-likeness (QED) is 0.619. The molecule has 0 bridgehead atoms. The molecule has 1 fully saturated rings. The molecule has 1 aliphatic rings. The summed E-state index contributed by atoms with van der Waals surface area (Å²) in [5, 5.41) is 28.4. The second-order valence-corrected chi connectivity index (χ2v) is 7.33. The summed E-state index contributed by atoms with van der Waals surface area (Å²) >= 11 is 0. The molecule has 0 aromatic heterocycles. The molecule has 1 heterocycles. The molecule has 2 atom stereocenters. The van der Waals surface area contributed by atoms with Gasteiger partial charge in [0, 0.05) is 13.0 Å². The van der Waals surface area contributed by atoms with E-state index in [4.69, 9.17) is 19.5 Å². The van der Waals surface area contributed by atoms with Crippen LogP contribution in [0.5, 0.6) is 11.5 Å². The second kappa shape index (κ2) is 10.1. The first kappa shape index (κ1) is 21.6. The molecular weight excluding hydrogens is 386 g/mol. The molecule has 1 saturated heterocycles. The Morgan fingerprint density at radius 3 is 2.50 bits per heavy atom. The van der Waals surface area contributed by atoms with Crippen LogP contribution in [0.3, 0.4) is 0 Å². The number of hydrogen-bond acceptors (Lipinski definition) is 6. The van der Waals surface area contributed by atoms with Crippen molar-refractivity contribution in [2.24, 2.45) is 0 Å². The van der Waals surface area contributed by atoms with E-state index >= 15 is 0 Å². The second-order valence-electron chi connectivity index (χ2n) is 7.33. The van der Waals surface area contributed by atoms with Crippen LogP contribution in [0.15, 0.2) is 48.5 Å². The average Bonchev–Trinajstić information content (AvgIpc) is 3.22. The molecule has 0 radical (unpaired) electrons. The maximum absolute atomic E-state index is 11.7. The number of aliphatic carboxylic acids is 1. The summed E-state index contributed by atoms with van der Waals surface area (Å²) in [7, 11) is 0. The van der Waals surface area contributed by atoms with E-state index in [1.54, 1.807) is 30.3 Å². The van der Waals surface area contributed by atoms with Gasteiger partial charge in [-0.15, -0.1) is 0 Å². The van der Waals surface area contributed by atoms with Gasteiger partial charge in [0.25, 0.3) is 0 Å². The van der Waals surface area contributed by atoms with Crippen LogP contribution in [-0.2, 0) is 22.4 Å². The van der Waals surface area contributed by atoms with E-state index in [0.29, 0.717) is 30.9 Å². The van der Waals surface area contributed by atoms with E-state index in [1.165, 1.54) is 0 Å². The van der Waals surface area contributed by atoms with Crippen molar-refractivity contribution in [2.45, 2.75) is 37.4 Å². The largest absolute Gasteiger partial charge is 0.491 e. The van der Waals surface area contributed by atoms with Crippen molar-refractivity contribution in [3.63, 3.8) is 0 Å². The van der Waals surface area contributed by atoms with Crippen molar-refractivity contribution in [1.29, 1.82) is 5.26 Å². The van der Waals surface area contributed by atoms with Crippen LogP contribution >= 0.6 is 0 Å². The van der Waals surface area contributed by atoms with Gasteiger partial charge in [0.15, 0.2) is 5.60 Å². The Balaban J connectivity index is 1.49. The van der Waals surface area contributed by atoms with Gasteiger partial charge in [-0.3, -0.25) is 0 Å². The van der Waals surface area contributed by atoms with Crippen LogP contribution in [0.25, 0.3) is 0 Å². The van der Waals surface area contributed by atoms with Crippen molar-refractivity contribution in [2.75, 3.05) is 19.8 Å². The standard InChI is InChI=1S/C23H25NO6/c24-11-9-17-5-7-20(8-6-17)28-15-19(25)16-29-21-4-1-3-18(13-21)14-23(22(26)27)10-2-12-30-23/h1,3-8,13,19,25H,2,9-10,12,14-16H2,(H,26,27). The maximum atomic E-state index is 11.7. The summed E-state index contributed by atoms with van der Waals surface area (Å²) in [6, 6.07) is 16.4. The Bertz CT molecular complexity index is 883. The van der Waals surface area contributed by atoms with Crippen molar-refractivity contribution < 1.29 is 29.2 Å². The van der Waals surface area contributed by atoms with E-state index in [0.717, 1.165) is 17.5 Å². The number of benzene rings is 2. The Kier molecular flexibility index (Phi) is 7.28. The number of aliphatic hydroxyl groups is 1. The van der Waals surface area contributed by atoms with E-state index in [9.17, 15) is 15.0 Å². The normalized spacial score (nSPS) is 19.1. The molecule has 30 heavy (non-hydrogen) atoms. The zero-order chi connectivity index (χ0) is 21.4. The van der Waals surface area contributed by atoms with E-state index in [2.05, 4.69) is 6.07 Å². The van der Waals surface area contributed by atoms with Crippen LogP contribution in [0, 0.1) is 11.3 Å². The third-order valence-electron chi connectivity index (χ3n) is 4.97. The lowest BCUT2D eigenvalue weighted by atomic mass is 9.91. The highest BCUT2D eigenvalue weighted by Gasteiger charge is 2.42. The van der Waals surface area contributed by atoms with Crippen LogP contribution in [0.2, 0.25) is 0 Å². The number of rotatable bonds is 10.